The van der Waals surface area contributed by atoms with Crippen molar-refractivity contribution in [3.63, 3.8) is 0 Å². The Morgan fingerprint density at radius 2 is 2.04 bits per heavy atom. The molecular weight excluding hydrogens is 334 g/mol. The van der Waals surface area contributed by atoms with Gasteiger partial charge in [-0.3, -0.25) is 0 Å². The maximum absolute atomic E-state index is 6.14. The lowest BCUT2D eigenvalue weighted by Gasteiger charge is -2.22. The SMILES string of the molecule is COCCCNC(=S)Nc1nc(Cl)cc(N2CCCCCC2)n1. The van der Waals surface area contributed by atoms with Crippen LogP contribution in [0.1, 0.15) is 32.1 Å². The summed E-state index contributed by atoms with van der Waals surface area (Å²) in [6.07, 6.45) is 5.80. The van der Waals surface area contributed by atoms with Gasteiger partial charge in [-0.2, -0.15) is 4.98 Å². The number of nitrogens with one attached hydrogen (secondary N) is 2. The van der Waals surface area contributed by atoms with Crippen molar-refractivity contribution in [1.82, 2.24) is 15.3 Å². The van der Waals surface area contributed by atoms with Crippen molar-refractivity contribution >= 4 is 40.7 Å². The Balaban J connectivity index is 1.95. The van der Waals surface area contributed by atoms with Gasteiger partial charge in [0.15, 0.2) is 5.11 Å². The van der Waals surface area contributed by atoms with Crippen LogP contribution in [0.25, 0.3) is 0 Å². The predicted molar refractivity (Wildman–Crippen MR) is 98.4 cm³/mol. The molecule has 2 N–H and O–H groups in total. The van der Waals surface area contributed by atoms with Gasteiger partial charge in [-0.15, -0.1) is 0 Å². The van der Waals surface area contributed by atoms with E-state index in [0.29, 0.717) is 22.8 Å². The second-order valence-electron chi connectivity index (χ2n) is 5.50. The molecule has 0 unspecified atom stereocenters. The van der Waals surface area contributed by atoms with E-state index in [9.17, 15) is 0 Å². The van der Waals surface area contributed by atoms with Gasteiger partial charge in [0, 0.05) is 39.4 Å². The largest absolute Gasteiger partial charge is 0.385 e. The molecule has 2 heterocycles. The Kier molecular flexibility index (Phi) is 7.78. The first-order valence-corrected chi connectivity index (χ1v) is 8.81. The molecule has 2 rings (SSSR count). The fraction of sp³-hybridized carbons (Fsp3) is 0.667. The normalized spacial score (nSPS) is 15.1. The molecule has 23 heavy (non-hydrogen) atoms. The molecule has 0 atom stereocenters. The zero-order chi connectivity index (χ0) is 16.5. The summed E-state index contributed by atoms with van der Waals surface area (Å²) >= 11 is 11.4. The van der Waals surface area contributed by atoms with E-state index in [2.05, 4.69) is 25.5 Å². The van der Waals surface area contributed by atoms with Crippen molar-refractivity contribution in [1.29, 1.82) is 0 Å². The Labute approximate surface area is 148 Å². The van der Waals surface area contributed by atoms with Crippen molar-refractivity contribution in [3.05, 3.63) is 11.2 Å². The molecule has 8 heteroatoms. The number of halogens is 1. The van der Waals surface area contributed by atoms with Crippen LogP contribution in [-0.2, 0) is 4.74 Å². The average molecular weight is 358 g/mol. The zero-order valence-corrected chi connectivity index (χ0v) is 15.0. The Bertz CT molecular complexity index is 509. The summed E-state index contributed by atoms with van der Waals surface area (Å²) in [5.41, 5.74) is 0. The maximum atomic E-state index is 6.14. The first-order valence-electron chi connectivity index (χ1n) is 8.02. The molecule has 0 spiro atoms. The lowest BCUT2D eigenvalue weighted by molar-refractivity contribution is 0.196. The molecular formula is C15H24ClN5OS. The molecule has 128 valence electrons. The summed E-state index contributed by atoms with van der Waals surface area (Å²) in [6, 6.07) is 1.81. The number of aromatic nitrogens is 2. The summed E-state index contributed by atoms with van der Waals surface area (Å²) in [6.45, 7) is 3.45. The van der Waals surface area contributed by atoms with Gasteiger partial charge < -0.3 is 20.3 Å². The van der Waals surface area contributed by atoms with E-state index >= 15 is 0 Å². The first-order chi connectivity index (χ1) is 11.2. The number of hydrogen-bond donors (Lipinski definition) is 2. The number of rotatable bonds is 6. The molecule has 0 aliphatic carbocycles. The summed E-state index contributed by atoms with van der Waals surface area (Å²) < 4.78 is 5.00. The number of hydrogen-bond acceptors (Lipinski definition) is 5. The van der Waals surface area contributed by atoms with E-state index in [1.165, 1.54) is 25.7 Å². The Morgan fingerprint density at radius 3 is 2.74 bits per heavy atom. The summed E-state index contributed by atoms with van der Waals surface area (Å²) in [7, 11) is 1.68. The van der Waals surface area contributed by atoms with Crippen LogP contribution in [0.3, 0.4) is 0 Å². The Morgan fingerprint density at radius 1 is 1.30 bits per heavy atom. The maximum Gasteiger partial charge on any atom is 0.232 e. The van der Waals surface area contributed by atoms with Gasteiger partial charge in [0.25, 0.3) is 0 Å². The minimum absolute atomic E-state index is 0.420. The molecule has 0 saturated carbocycles. The van der Waals surface area contributed by atoms with Crippen LogP contribution >= 0.6 is 23.8 Å². The van der Waals surface area contributed by atoms with Gasteiger partial charge in [-0.1, -0.05) is 24.4 Å². The number of methoxy groups -OCH3 is 1. The molecule has 0 bridgehead atoms. The second kappa shape index (κ2) is 9.85. The highest BCUT2D eigenvalue weighted by atomic mass is 35.5. The minimum atomic E-state index is 0.420. The first kappa shape index (κ1) is 18.2. The van der Waals surface area contributed by atoms with Gasteiger partial charge in [-0.05, 0) is 31.5 Å². The van der Waals surface area contributed by atoms with E-state index in [-0.39, 0.29) is 0 Å². The van der Waals surface area contributed by atoms with E-state index in [0.717, 1.165) is 31.9 Å². The quantitative estimate of drug-likeness (QED) is 0.461. The molecule has 0 amide bonds. The van der Waals surface area contributed by atoms with Gasteiger partial charge in [0.2, 0.25) is 5.95 Å². The second-order valence-corrected chi connectivity index (χ2v) is 6.30. The molecule has 0 aromatic carbocycles. The number of anilines is 2. The molecule has 1 aromatic heterocycles. The van der Waals surface area contributed by atoms with E-state index in [4.69, 9.17) is 28.6 Å². The molecule has 1 aliphatic heterocycles. The van der Waals surface area contributed by atoms with Crippen LogP contribution < -0.4 is 15.5 Å². The van der Waals surface area contributed by atoms with Crippen molar-refractivity contribution < 1.29 is 4.74 Å². The summed E-state index contributed by atoms with van der Waals surface area (Å²) in [5, 5.41) is 7.01. The third-order valence-corrected chi connectivity index (χ3v) is 4.09. The number of thiocarbonyl (C=S) groups is 1. The molecule has 1 fully saturated rings. The summed E-state index contributed by atoms with van der Waals surface area (Å²) in [4.78, 5) is 11.0. The molecule has 0 radical (unpaired) electrons. The molecule has 1 aliphatic rings. The van der Waals surface area contributed by atoms with Gasteiger partial charge in [-0.25, -0.2) is 4.98 Å². The van der Waals surface area contributed by atoms with E-state index in [1.54, 1.807) is 7.11 Å². The Hall–Kier alpha value is -1.18. The summed E-state index contributed by atoms with van der Waals surface area (Å²) in [5.74, 6) is 1.29. The smallest absolute Gasteiger partial charge is 0.232 e. The molecule has 1 saturated heterocycles. The van der Waals surface area contributed by atoms with E-state index in [1.807, 2.05) is 6.07 Å². The van der Waals surface area contributed by atoms with Crippen LogP contribution in [-0.4, -0.2) is 48.4 Å². The lowest BCUT2D eigenvalue weighted by atomic mass is 10.2. The standard InChI is InChI=1S/C15H24ClN5OS/c1-22-10-6-7-17-15(23)20-14-18-12(16)11-13(19-14)21-8-4-2-3-5-9-21/h11H,2-10H2,1H3,(H2,17,18,19,20,23). The van der Waals surface area contributed by atoms with Gasteiger partial charge in [0.1, 0.15) is 11.0 Å². The van der Waals surface area contributed by atoms with E-state index < -0.39 is 0 Å². The average Bonchev–Trinajstić information content (AvgIpc) is 2.80. The monoisotopic (exact) mass is 357 g/mol. The topological polar surface area (TPSA) is 62.3 Å². The van der Waals surface area contributed by atoms with Crippen molar-refractivity contribution in [2.24, 2.45) is 0 Å². The number of nitrogens with zero attached hydrogens (tertiary/aromatic N) is 3. The van der Waals surface area contributed by atoms with Crippen LogP contribution in [0.4, 0.5) is 11.8 Å². The molecule has 6 nitrogen and oxygen atoms in total. The fourth-order valence-electron chi connectivity index (χ4n) is 2.49. The number of ether oxygens (including phenoxy) is 1. The minimum Gasteiger partial charge on any atom is -0.385 e. The molecule has 1 aromatic rings. The highest BCUT2D eigenvalue weighted by molar-refractivity contribution is 7.80. The zero-order valence-electron chi connectivity index (χ0n) is 13.5. The highest BCUT2D eigenvalue weighted by Gasteiger charge is 2.14. The van der Waals surface area contributed by atoms with Gasteiger partial charge in [0.05, 0.1) is 0 Å². The van der Waals surface area contributed by atoms with Crippen LogP contribution in [0, 0.1) is 0 Å². The van der Waals surface area contributed by atoms with Crippen molar-refractivity contribution in [2.75, 3.05) is 43.6 Å². The van der Waals surface area contributed by atoms with Crippen molar-refractivity contribution in [3.8, 4) is 0 Å². The fourth-order valence-corrected chi connectivity index (χ4v) is 2.86. The van der Waals surface area contributed by atoms with Crippen molar-refractivity contribution in [2.45, 2.75) is 32.1 Å². The third-order valence-electron chi connectivity index (χ3n) is 3.65. The van der Waals surface area contributed by atoms with Gasteiger partial charge >= 0.3 is 0 Å². The van der Waals surface area contributed by atoms with Crippen LogP contribution in [0.5, 0.6) is 0 Å². The van der Waals surface area contributed by atoms with Crippen LogP contribution in [0.15, 0.2) is 6.07 Å². The lowest BCUT2D eigenvalue weighted by Crippen LogP contribution is -2.31. The predicted octanol–water partition coefficient (Wildman–Crippen LogP) is 2.83. The van der Waals surface area contributed by atoms with Crippen LogP contribution in [0.2, 0.25) is 5.15 Å². The third kappa shape index (κ3) is 6.45. The highest BCUT2D eigenvalue weighted by Crippen LogP contribution is 2.21.